The van der Waals surface area contributed by atoms with Gasteiger partial charge in [0, 0.05) is 18.2 Å². The predicted octanol–water partition coefficient (Wildman–Crippen LogP) is 2.36. The molecule has 0 saturated carbocycles. The summed E-state index contributed by atoms with van der Waals surface area (Å²) in [5.41, 5.74) is -0.714. The highest BCUT2D eigenvalue weighted by molar-refractivity contribution is 5.46. The first-order valence-electron chi connectivity index (χ1n) is 5.12. The zero-order valence-corrected chi connectivity index (χ0v) is 9.48. The van der Waals surface area contributed by atoms with Crippen molar-refractivity contribution < 1.29 is 14.8 Å². The van der Waals surface area contributed by atoms with Crippen molar-refractivity contribution in [1.82, 2.24) is 4.98 Å². The third kappa shape index (κ3) is 2.76. The number of phenolic OH excluding ortho intramolecular Hbond substituents is 1. The highest BCUT2D eigenvalue weighted by atomic mass is 16.6. The fraction of sp³-hybridized carbons (Fsp3) is 0. The van der Waals surface area contributed by atoms with Gasteiger partial charge in [-0.2, -0.15) is 10.2 Å². The van der Waals surface area contributed by atoms with Crippen LogP contribution in [0.4, 0.5) is 5.69 Å². The van der Waals surface area contributed by atoms with E-state index < -0.39 is 4.92 Å². The minimum absolute atomic E-state index is 0.0138. The standard InChI is InChI=1S/C12H7N3O4/c13-7-10-11(15(17)18)4-5-12(14-10)19-9-3-1-2-8(16)6-9/h1-6,16H. The Bertz CT molecular complexity index is 679. The molecule has 0 atom stereocenters. The second-order valence-corrected chi connectivity index (χ2v) is 3.49. The highest BCUT2D eigenvalue weighted by Crippen LogP contribution is 2.25. The highest BCUT2D eigenvalue weighted by Gasteiger charge is 2.16. The first-order chi connectivity index (χ1) is 9.10. The Morgan fingerprint density at radius 1 is 1.37 bits per heavy atom. The summed E-state index contributed by atoms with van der Waals surface area (Å²) >= 11 is 0. The van der Waals surface area contributed by atoms with Crippen LogP contribution >= 0.6 is 0 Å². The van der Waals surface area contributed by atoms with E-state index in [2.05, 4.69) is 4.98 Å². The molecule has 1 N–H and O–H groups in total. The van der Waals surface area contributed by atoms with Gasteiger partial charge in [0.25, 0.3) is 0 Å². The summed E-state index contributed by atoms with van der Waals surface area (Å²) in [4.78, 5) is 13.7. The number of phenols is 1. The number of rotatable bonds is 3. The summed E-state index contributed by atoms with van der Waals surface area (Å²) in [5, 5.41) is 28.7. The van der Waals surface area contributed by atoms with Gasteiger partial charge < -0.3 is 9.84 Å². The molecule has 1 heterocycles. The van der Waals surface area contributed by atoms with Crippen LogP contribution in [-0.4, -0.2) is 15.0 Å². The topological polar surface area (TPSA) is 109 Å². The summed E-state index contributed by atoms with van der Waals surface area (Å²) < 4.78 is 5.29. The predicted molar refractivity (Wildman–Crippen MR) is 63.8 cm³/mol. The lowest BCUT2D eigenvalue weighted by Crippen LogP contribution is -1.97. The molecule has 0 bridgehead atoms. The summed E-state index contributed by atoms with van der Waals surface area (Å²) in [6.07, 6.45) is 0. The molecule has 7 heteroatoms. The number of nitro groups is 1. The molecule has 0 aliphatic heterocycles. The fourth-order valence-corrected chi connectivity index (χ4v) is 1.39. The molecule has 2 aromatic rings. The van der Waals surface area contributed by atoms with Gasteiger partial charge in [0.05, 0.1) is 4.92 Å². The van der Waals surface area contributed by atoms with E-state index in [1.54, 1.807) is 18.2 Å². The molecule has 2 rings (SSSR count). The molecule has 19 heavy (non-hydrogen) atoms. The maximum atomic E-state index is 10.6. The molecule has 1 aromatic carbocycles. The molecule has 7 nitrogen and oxygen atoms in total. The average Bonchev–Trinajstić information content (AvgIpc) is 2.38. The van der Waals surface area contributed by atoms with Crippen molar-refractivity contribution in [3.8, 4) is 23.4 Å². The van der Waals surface area contributed by atoms with Crippen LogP contribution in [-0.2, 0) is 0 Å². The van der Waals surface area contributed by atoms with Crippen molar-refractivity contribution in [3.05, 3.63) is 52.2 Å². The number of nitrogens with zero attached hydrogens (tertiary/aromatic N) is 3. The Labute approximate surface area is 107 Å². The van der Waals surface area contributed by atoms with Gasteiger partial charge in [-0.3, -0.25) is 10.1 Å². The van der Waals surface area contributed by atoms with Crippen LogP contribution in [0.15, 0.2) is 36.4 Å². The third-order valence-corrected chi connectivity index (χ3v) is 2.19. The number of hydrogen-bond acceptors (Lipinski definition) is 6. The van der Waals surface area contributed by atoms with Crippen LogP contribution in [0, 0.1) is 21.4 Å². The lowest BCUT2D eigenvalue weighted by Gasteiger charge is -2.05. The van der Waals surface area contributed by atoms with Crippen molar-refractivity contribution in [2.45, 2.75) is 0 Å². The molecule has 0 spiro atoms. The lowest BCUT2D eigenvalue weighted by molar-refractivity contribution is -0.385. The Hall–Kier alpha value is -3.14. The Balaban J connectivity index is 2.32. The summed E-state index contributed by atoms with van der Waals surface area (Å²) in [5.74, 6) is 0.359. The van der Waals surface area contributed by atoms with Crippen molar-refractivity contribution in [2.24, 2.45) is 0 Å². The zero-order valence-electron chi connectivity index (χ0n) is 9.48. The van der Waals surface area contributed by atoms with Crippen LogP contribution in [0.25, 0.3) is 0 Å². The van der Waals surface area contributed by atoms with E-state index in [4.69, 9.17) is 10.00 Å². The summed E-state index contributed by atoms with van der Waals surface area (Å²) in [6.45, 7) is 0. The van der Waals surface area contributed by atoms with Crippen molar-refractivity contribution >= 4 is 5.69 Å². The van der Waals surface area contributed by atoms with E-state index in [1.165, 1.54) is 18.2 Å². The van der Waals surface area contributed by atoms with Gasteiger partial charge in [-0.15, -0.1) is 0 Å². The van der Waals surface area contributed by atoms with Crippen molar-refractivity contribution in [1.29, 1.82) is 5.26 Å². The number of hydrogen-bond donors (Lipinski definition) is 1. The van der Waals surface area contributed by atoms with Crippen LogP contribution in [0.3, 0.4) is 0 Å². The summed E-state index contributed by atoms with van der Waals surface area (Å²) in [6, 6.07) is 10.0. The average molecular weight is 257 g/mol. The van der Waals surface area contributed by atoms with E-state index in [-0.39, 0.29) is 23.0 Å². The van der Waals surface area contributed by atoms with Crippen LogP contribution in [0.5, 0.6) is 17.4 Å². The number of ether oxygens (including phenoxy) is 1. The van der Waals surface area contributed by atoms with Crippen LogP contribution < -0.4 is 4.74 Å². The summed E-state index contributed by atoms with van der Waals surface area (Å²) in [7, 11) is 0. The number of benzene rings is 1. The van der Waals surface area contributed by atoms with Crippen LogP contribution in [0.1, 0.15) is 5.69 Å². The normalized spacial score (nSPS) is 9.63. The molecule has 0 saturated heterocycles. The second kappa shape index (κ2) is 5.01. The van der Waals surface area contributed by atoms with Gasteiger partial charge in [-0.25, -0.2) is 0 Å². The van der Waals surface area contributed by atoms with Gasteiger partial charge >= 0.3 is 5.69 Å². The van der Waals surface area contributed by atoms with E-state index >= 15 is 0 Å². The largest absolute Gasteiger partial charge is 0.508 e. The molecule has 0 fully saturated rings. The molecule has 0 aliphatic carbocycles. The van der Waals surface area contributed by atoms with E-state index in [1.807, 2.05) is 0 Å². The number of aromatic nitrogens is 1. The second-order valence-electron chi connectivity index (χ2n) is 3.49. The molecule has 0 radical (unpaired) electrons. The Morgan fingerprint density at radius 2 is 2.16 bits per heavy atom. The first kappa shape index (κ1) is 12.3. The molecule has 0 aliphatic rings. The SMILES string of the molecule is N#Cc1nc(Oc2cccc(O)c2)ccc1[N+](=O)[O-]. The maximum Gasteiger partial charge on any atom is 0.305 e. The van der Waals surface area contributed by atoms with E-state index in [9.17, 15) is 15.2 Å². The van der Waals surface area contributed by atoms with E-state index in [0.29, 0.717) is 5.75 Å². The Morgan fingerprint density at radius 3 is 2.79 bits per heavy atom. The number of pyridine rings is 1. The zero-order chi connectivity index (χ0) is 13.8. The lowest BCUT2D eigenvalue weighted by atomic mass is 10.3. The molecule has 94 valence electrons. The monoisotopic (exact) mass is 257 g/mol. The smallest absolute Gasteiger partial charge is 0.305 e. The van der Waals surface area contributed by atoms with Gasteiger partial charge in [0.15, 0.2) is 0 Å². The Kier molecular flexibility index (Phi) is 3.25. The molecule has 0 amide bonds. The first-order valence-corrected chi connectivity index (χ1v) is 5.12. The van der Waals surface area contributed by atoms with Gasteiger partial charge in [0.1, 0.15) is 17.6 Å². The minimum atomic E-state index is -0.691. The number of nitriles is 1. The van der Waals surface area contributed by atoms with Crippen molar-refractivity contribution in [2.75, 3.05) is 0 Å². The van der Waals surface area contributed by atoms with E-state index in [0.717, 1.165) is 6.07 Å². The number of aromatic hydroxyl groups is 1. The quantitative estimate of drug-likeness (QED) is 0.667. The minimum Gasteiger partial charge on any atom is -0.508 e. The van der Waals surface area contributed by atoms with Gasteiger partial charge in [0.2, 0.25) is 11.6 Å². The van der Waals surface area contributed by atoms with Crippen LogP contribution in [0.2, 0.25) is 0 Å². The van der Waals surface area contributed by atoms with Gasteiger partial charge in [-0.05, 0) is 12.1 Å². The molecule has 1 aromatic heterocycles. The third-order valence-electron chi connectivity index (χ3n) is 2.19. The maximum absolute atomic E-state index is 10.6. The molecule has 0 unspecified atom stereocenters. The van der Waals surface area contributed by atoms with Gasteiger partial charge in [-0.1, -0.05) is 6.07 Å². The van der Waals surface area contributed by atoms with Crippen molar-refractivity contribution in [3.63, 3.8) is 0 Å². The fourth-order valence-electron chi connectivity index (χ4n) is 1.39. The molecular formula is C12H7N3O4. The molecular weight excluding hydrogens is 250 g/mol.